The van der Waals surface area contributed by atoms with Crippen LogP contribution < -0.4 is 4.74 Å². The van der Waals surface area contributed by atoms with Crippen molar-refractivity contribution >= 4 is 21.9 Å². The monoisotopic (exact) mass is 322 g/mol. The second-order valence-electron chi connectivity index (χ2n) is 3.62. The number of pyridine rings is 2. The van der Waals surface area contributed by atoms with Gasteiger partial charge in [0.05, 0.1) is 24.6 Å². The van der Waals surface area contributed by atoms with Gasteiger partial charge in [-0.2, -0.15) is 0 Å². The third kappa shape index (κ3) is 3.51. The lowest BCUT2D eigenvalue weighted by molar-refractivity contribution is 0.0597. The summed E-state index contributed by atoms with van der Waals surface area (Å²) in [5, 5.41) is 0. The zero-order valence-corrected chi connectivity index (χ0v) is 11.8. The lowest BCUT2D eigenvalue weighted by atomic mass is 10.2. The SMILES string of the molecule is COC(=O)c1cccnc1COc1cncc(Br)c1. The Bertz CT molecular complexity index is 590. The normalized spacial score (nSPS) is 10.0. The Kier molecular flexibility index (Phi) is 4.46. The first-order valence-corrected chi connectivity index (χ1v) is 6.25. The Morgan fingerprint density at radius 3 is 3.00 bits per heavy atom. The topological polar surface area (TPSA) is 61.3 Å². The van der Waals surface area contributed by atoms with E-state index in [2.05, 4.69) is 25.9 Å². The zero-order chi connectivity index (χ0) is 13.7. The van der Waals surface area contributed by atoms with Crippen molar-refractivity contribution < 1.29 is 14.3 Å². The third-order valence-electron chi connectivity index (χ3n) is 2.35. The first kappa shape index (κ1) is 13.5. The van der Waals surface area contributed by atoms with Gasteiger partial charge in [-0.3, -0.25) is 9.97 Å². The molecule has 0 atom stereocenters. The molecule has 98 valence electrons. The van der Waals surface area contributed by atoms with E-state index in [4.69, 9.17) is 9.47 Å². The highest BCUT2D eigenvalue weighted by Crippen LogP contribution is 2.17. The van der Waals surface area contributed by atoms with Crippen molar-refractivity contribution in [3.63, 3.8) is 0 Å². The molecule has 0 spiro atoms. The van der Waals surface area contributed by atoms with Crippen molar-refractivity contribution in [3.05, 3.63) is 52.5 Å². The number of halogens is 1. The summed E-state index contributed by atoms with van der Waals surface area (Å²) in [7, 11) is 1.33. The summed E-state index contributed by atoms with van der Waals surface area (Å²) in [6.45, 7) is 0.170. The largest absolute Gasteiger partial charge is 0.486 e. The predicted molar refractivity (Wildman–Crippen MR) is 71.8 cm³/mol. The van der Waals surface area contributed by atoms with Crippen molar-refractivity contribution in [1.29, 1.82) is 0 Å². The number of aromatic nitrogens is 2. The highest BCUT2D eigenvalue weighted by Gasteiger charge is 2.12. The van der Waals surface area contributed by atoms with Crippen LogP contribution in [0.4, 0.5) is 0 Å². The maximum atomic E-state index is 11.6. The minimum absolute atomic E-state index is 0.170. The number of methoxy groups -OCH3 is 1. The Hall–Kier alpha value is -1.95. The van der Waals surface area contributed by atoms with Crippen LogP contribution in [-0.2, 0) is 11.3 Å². The van der Waals surface area contributed by atoms with Gasteiger partial charge in [-0.1, -0.05) is 0 Å². The van der Waals surface area contributed by atoms with E-state index in [1.165, 1.54) is 7.11 Å². The Morgan fingerprint density at radius 1 is 1.42 bits per heavy atom. The average Bonchev–Trinajstić information content (AvgIpc) is 2.45. The van der Waals surface area contributed by atoms with E-state index in [0.717, 1.165) is 4.47 Å². The zero-order valence-electron chi connectivity index (χ0n) is 10.2. The lowest BCUT2D eigenvalue weighted by Gasteiger charge is -2.08. The fourth-order valence-corrected chi connectivity index (χ4v) is 1.82. The maximum Gasteiger partial charge on any atom is 0.339 e. The smallest absolute Gasteiger partial charge is 0.339 e. The van der Waals surface area contributed by atoms with Gasteiger partial charge in [0.15, 0.2) is 0 Å². The van der Waals surface area contributed by atoms with Gasteiger partial charge in [-0.25, -0.2) is 4.79 Å². The van der Waals surface area contributed by atoms with Crippen molar-refractivity contribution in [2.24, 2.45) is 0 Å². The van der Waals surface area contributed by atoms with Crippen LogP contribution in [0.25, 0.3) is 0 Å². The first-order chi connectivity index (χ1) is 9.20. The molecule has 6 heteroatoms. The second-order valence-corrected chi connectivity index (χ2v) is 4.53. The summed E-state index contributed by atoms with van der Waals surface area (Å²) >= 11 is 3.31. The molecule has 2 aromatic heterocycles. The fourth-order valence-electron chi connectivity index (χ4n) is 1.47. The number of carbonyl (C=O) groups is 1. The van der Waals surface area contributed by atoms with Crippen LogP contribution in [0.3, 0.4) is 0 Å². The molecule has 19 heavy (non-hydrogen) atoms. The molecule has 0 aromatic carbocycles. The van der Waals surface area contributed by atoms with E-state index in [-0.39, 0.29) is 6.61 Å². The molecule has 2 rings (SSSR count). The van der Waals surface area contributed by atoms with E-state index in [9.17, 15) is 4.79 Å². The Balaban J connectivity index is 2.13. The fraction of sp³-hybridized carbons (Fsp3) is 0.154. The molecule has 0 saturated carbocycles. The number of hydrogen-bond acceptors (Lipinski definition) is 5. The molecule has 0 radical (unpaired) electrons. The van der Waals surface area contributed by atoms with Crippen molar-refractivity contribution in [2.75, 3.05) is 7.11 Å². The van der Waals surface area contributed by atoms with Gasteiger partial charge in [0.1, 0.15) is 12.4 Å². The summed E-state index contributed by atoms with van der Waals surface area (Å²) in [5.74, 6) is 0.162. The molecule has 2 heterocycles. The van der Waals surface area contributed by atoms with Gasteiger partial charge < -0.3 is 9.47 Å². The highest BCUT2D eigenvalue weighted by atomic mass is 79.9. The molecule has 0 amide bonds. The van der Waals surface area contributed by atoms with Gasteiger partial charge in [-0.15, -0.1) is 0 Å². The van der Waals surface area contributed by atoms with Gasteiger partial charge in [0.2, 0.25) is 0 Å². The van der Waals surface area contributed by atoms with Gasteiger partial charge in [0, 0.05) is 16.9 Å². The lowest BCUT2D eigenvalue weighted by Crippen LogP contribution is -2.09. The molecule has 2 aromatic rings. The summed E-state index contributed by atoms with van der Waals surface area (Å²) in [5.41, 5.74) is 0.919. The van der Waals surface area contributed by atoms with Gasteiger partial charge in [0.25, 0.3) is 0 Å². The number of nitrogens with zero attached hydrogens (tertiary/aromatic N) is 2. The van der Waals surface area contributed by atoms with E-state index >= 15 is 0 Å². The van der Waals surface area contributed by atoms with Crippen LogP contribution in [0, 0.1) is 0 Å². The molecular weight excluding hydrogens is 312 g/mol. The van der Waals surface area contributed by atoms with Gasteiger partial charge in [-0.05, 0) is 34.1 Å². The number of rotatable bonds is 4. The van der Waals surface area contributed by atoms with E-state index < -0.39 is 5.97 Å². The number of carbonyl (C=O) groups excluding carboxylic acids is 1. The molecule has 0 aliphatic carbocycles. The molecule has 0 aliphatic rings. The van der Waals surface area contributed by atoms with E-state index in [1.807, 2.05) is 0 Å². The van der Waals surface area contributed by atoms with E-state index in [0.29, 0.717) is 17.0 Å². The highest BCUT2D eigenvalue weighted by molar-refractivity contribution is 9.10. The van der Waals surface area contributed by atoms with E-state index in [1.54, 1.807) is 36.8 Å². The standard InChI is InChI=1S/C13H11BrN2O3/c1-18-13(17)11-3-2-4-16-12(11)8-19-10-5-9(14)6-15-7-10/h2-7H,8H2,1H3. The van der Waals surface area contributed by atoms with Crippen molar-refractivity contribution in [1.82, 2.24) is 9.97 Å². The average molecular weight is 323 g/mol. The predicted octanol–water partition coefficient (Wildman–Crippen LogP) is 2.60. The maximum absolute atomic E-state index is 11.6. The van der Waals surface area contributed by atoms with Crippen LogP contribution in [0.15, 0.2) is 41.3 Å². The van der Waals surface area contributed by atoms with Crippen molar-refractivity contribution in [3.8, 4) is 5.75 Å². The molecule has 0 unspecified atom stereocenters. The van der Waals surface area contributed by atoms with Crippen LogP contribution in [0.2, 0.25) is 0 Å². The van der Waals surface area contributed by atoms with Crippen LogP contribution in [-0.4, -0.2) is 23.0 Å². The third-order valence-corrected chi connectivity index (χ3v) is 2.78. The Morgan fingerprint density at radius 2 is 2.26 bits per heavy atom. The van der Waals surface area contributed by atoms with Crippen LogP contribution in [0.5, 0.6) is 5.75 Å². The van der Waals surface area contributed by atoms with Crippen LogP contribution >= 0.6 is 15.9 Å². The molecule has 0 saturated heterocycles. The second kappa shape index (κ2) is 6.29. The molecule has 0 bridgehead atoms. The number of hydrogen-bond donors (Lipinski definition) is 0. The van der Waals surface area contributed by atoms with Crippen molar-refractivity contribution in [2.45, 2.75) is 6.61 Å². The molecular formula is C13H11BrN2O3. The molecule has 5 nitrogen and oxygen atoms in total. The quantitative estimate of drug-likeness (QED) is 0.810. The van der Waals surface area contributed by atoms with Gasteiger partial charge >= 0.3 is 5.97 Å². The first-order valence-electron chi connectivity index (χ1n) is 5.46. The molecule has 0 aliphatic heterocycles. The summed E-state index contributed by atoms with van der Waals surface area (Å²) in [4.78, 5) is 19.7. The minimum atomic E-state index is -0.431. The minimum Gasteiger partial charge on any atom is -0.486 e. The Labute approximate surface area is 118 Å². The number of ether oxygens (including phenoxy) is 2. The summed E-state index contributed by atoms with van der Waals surface area (Å²) in [6, 6.07) is 5.11. The summed E-state index contributed by atoms with van der Waals surface area (Å²) < 4.78 is 11.1. The molecule has 0 N–H and O–H groups in total. The van der Waals surface area contributed by atoms with Crippen LogP contribution in [0.1, 0.15) is 16.1 Å². The number of esters is 1. The molecule has 0 fully saturated rings. The summed E-state index contributed by atoms with van der Waals surface area (Å²) in [6.07, 6.45) is 4.85.